The molecule has 0 amide bonds. The van der Waals surface area contributed by atoms with Gasteiger partial charge in [-0.3, -0.25) is 0 Å². The van der Waals surface area contributed by atoms with E-state index in [1.807, 2.05) is 47.7 Å². The third kappa shape index (κ3) is 4.51. The van der Waals surface area contributed by atoms with E-state index < -0.39 is 0 Å². The van der Waals surface area contributed by atoms with Crippen molar-refractivity contribution in [3.05, 3.63) is 151 Å². The average Bonchev–Trinajstić information content (AvgIpc) is 3.69. The molecule has 0 bridgehead atoms. The summed E-state index contributed by atoms with van der Waals surface area (Å²) in [4.78, 5) is 14.9. The largest absolute Gasteiger partial charge is 0.208 e. The third-order valence-corrected chi connectivity index (χ3v) is 12.0. The number of aromatic nitrogens is 3. The minimum atomic E-state index is 0.144. The lowest BCUT2D eigenvalue weighted by molar-refractivity contribution is 0.353. The Labute approximate surface area is 290 Å². The molecule has 10 rings (SSSR count). The van der Waals surface area contributed by atoms with Crippen molar-refractivity contribution in [1.82, 2.24) is 15.0 Å². The van der Waals surface area contributed by atoms with E-state index in [0.717, 1.165) is 16.7 Å². The Morgan fingerprint density at radius 3 is 1.78 bits per heavy atom. The van der Waals surface area contributed by atoms with Crippen LogP contribution in [0.4, 0.5) is 0 Å². The van der Waals surface area contributed by atoms with Gasteiger partial charge >= 0.3 is 0 Å². The second-order valence-electron chi connectivity index (χ2n) is 13.5. The van der Waals surface area contributed by atoms with Crippen LogP contribution in [0.15, 0.2) is 140 Å². The molecular weight excluding hydrogens is 615 g/mol. The first kappa shape index (κ1) is 28.6. The molecule has 6 aromatic carbocycles. The fraction of sp³-hybridized carbons (Fsp3) is 0.133. The quantitative estimate of drug-likeness (QED) is 0.191. The Hall–Kier alpha value is -5.45. The van der Waals surface area contributed by atoms with Gasteiger partial charge in [0.15, 0.2) is 17.5 Å². The van der Waals surface area contributed by atoms with Crippen molar-refractivity contribution in [1.29, 1.82) is 0 Å². The van der Waals surface area contributed by atoms with Crippen LogP contribution in [-0.4, -0.2) is 15.0 Å². The first-order valence-corrected chi connectivity index (χ1v) is 18.1. The standard InChI is InChI=1S/C45H33N3S/c1-4-14-29(15-5-1)42-46-43(30-16-6-2-7-17-30)48-44(47-42)31-24-25-39-36(28-31)34-21-12-20-33(41(34)49-39)32-19-13-23-38-40(32)35-18-8-9-22-37(35)45(38)26-10-3-11-27-45/h1-2,4-9,12-25,28H,3,10-11,26-27H2. The van der Waals surface area contributed by atoms with Crippen LogP contribution in [0.3, 0.4) is 0 Å². The summed E-state index contributed by atoms with van der Waals surface area (Å²) in [6.45, 7) is 0. The lowest BCUT2D eigenvalue weighted by Gasteiger charge is -2.36. The SMILES string of the molecule is c1ccc(-c2nc(-c3ccccc3)nc(-c3ccc4sc5c(-c6cccc7c6-c6ccccc6C76CCCCC6)cccc5c4c3)n2)cc1. The average molecular weight is 648 g/mol. The van der Waals surface area contributed by atoms with Gasteiger partial charge in [0.2, 0.25) is 0 Å². The molecule has 49 heavy (non-hydrogen) atoms. The van der Waals surface area contributed by atoms with Crippen molar-refractivity contribution in [2.45, 2.75) is 37.5 Å². The summed E-state index contributed by atoms with van der Waals surface area (Å²) in [7, 11) is 0. The molecule has 0 atom stereocenters. The Kier molecular flexibility index (Phi) is 6.60. The molecule has 2 heterocycles. The number of fused-ring (bicyclic) bond motifs is 8. The summed E-state index contributed by atoms with van der Waals surface area (Å²) in [6, 6.07) is 50.2. The van der Waals surface area contributed by atoms with Crippen LogP contribution in [-0.2, 0) is 5.41 Å². The molecule has 234 valence electrons. The molecule has 1 saturated carbocycles. The highest BCUT2D eigenvalue weighted by atomic mass is 32.1. The van der Waals surface area contributed by atoms with Crippen molar-refractivity contribution < 1.29 is 0 Å². The highest BCUT2D eigenvalue weighted by Crippen LogP contribution is 2.58. The lowest BCUT2D eigenvalue weighted by atomic mass is 9.68. The van der Waals surface area contributed by atoms with E-state index in [2.05, 4.69) is 103 Å². The molecular formula is C45H33N3S. The first-order valence-electron chi connectivity index (χ1n) is 17.3. The molecule has 4 heteroatoms. The van der Waals surface area contributed by atoms with Crippen molar-refractivity contribution in [3.8, 4) is 56.4 Å². The third-order valence-electron chi connectivity index (χ3n) is 10.7. The van der Waals surface area contributed by atoms with Crippen LogP contribution < -0.4 is 0 Å². The topological polar surface area (TPSA) is 38.7 Å². The summed E-state index contributed by atoms with van der Waals surface area (Å²) in [5.41, 5.74) is 11.7. The van der Waals surface area contributed by atoms with E-state index in [9.17, 15) is 0 Å². The maximum Gasteiger partial charge on any atom is 0.164 e. The molecule has 1 spiro atoms. The second-order valence-corrected chi connectivity index (χ2v) is 14.5. The van der Waals surface area contributed by atoms with E-state index in [4.69, 9.17) is 15.0 Å². The zero-order valence-corrected chi connectivity index (χ0v) is 27.9. The normalized spacial score (nSPS) is 14.7. The van der Waals surface area contributed by atoms with Crippen molar-refractivity contribution in [2.75, 3.05) is 0 Å². The molecule has 2 aromatic heterocycles. The minimum Gasteiger partial charge on any atom is -0.208 e. The summed E-state index contributed by atoms with van der Waals surface area (Å²) in [5, 5.41) is 2.51. The fourth-order valence-corrected chi connectivity index (χ4v) is 9.72. The molecule has 8 aromatic rings. The van der Waals surface area contributed by atoms with Gasteiger partial charge in [0.1, 0.15) is 0 Å². The van der Waals surface area contributed by atoms with Gasteiger partial charge in [-0.1, -0.05) is 141 Å². The first-order chi connectivity index (χ1) is 24.3. The van der Waals surface area contributed by atoms with Gasteiger partial charge < -0.3 is 0 Å². The molecule has 0 unspecified atom stereocenters. The zero-order valence-electron chi connectivity index (χ0n) is 27.1. The zero-order chi connectivity index (χ0) is 32.4. The van der Waals surface area contributed by atoms with Gasteiger partial charge in [0.05, 0.1) is 0 Å². The van der Waals surface area contributed by atoms with Gasteiger partial charge in [0, 0.05) is 47.8 Å². The minimum absolute atomic E-state index is 0.144. The highest BCUT2D eigenvalue weighted by molar-refractivity contribution is 7.26. The van der Waals surface area contributed by atoms with Gasteiger partial charge in [-0.05, 0) is 58.9 Å². The van der Waals surface area contributed by atoms with E-state index >= 15 is 0 Å². The number of hydrogen-bond donors (Lipinski definition) is 0. The lowest BCUT2D eigenvalue weighted by Crippen LogP contribution is -2.27. The monoisotopic (exact) mass is 647 g/mol. The molecule has 0 N–H and O–H groups in total. The van der Waals surface area contributed by atoms with Crippen LogP contribution >= 0.6 is 11.3 Å². The Morgan fingerprint density at radius 2 is 1.04 bits per heavy atom. The van der Waals surface area contributed by atoms with Gasteiger partial charge in [-0.2, -0.15) is 0 Å². The number of thiophene rings is 1. The predicted octanol–water partition coefficient (Wildman–Crippen LogP) is 12.1. The Bertz CT molecular complexity index is 2470. The molecule has 1 fully saturated rings. The maximum atomic E-state index is 5.02. The fourth-order valence-electron chi connectivity index (χ4n) is 8.51. The molecule has 0 aliphatic heterocycles. The van der Waals surface area contributed by atoms with Crippen molar-refractivity contribution in [3.63, 3.8) is 0 Å². The Balaban J connectivity index is 1.14. The molecule has 2 aliphatic rings. The second kappa shape index (κ2) is 11.3. The van der Waals surface area contributed by atoms with Crippen LogP contribution in [0, 0.1) is 0 Å². The maximum absolute atomic E-state index is 5.02. The van der Waals surface area contributed by atoms with E-state index in [0.29, 0.717) is 17.5 Å². The number of rotatable bonds is 4. The number of hydrogen-bond acceptors (Lipinski definition) is 4. The number of benzene rings is 6. The Morgan fingerprint density at radius 1 is 0.449 bits per heavy atom. The number of nitrogens with zero attached hydrogens (tertiary/aromatic N) is 3. The summed E-state index contributed by atoms with van der Waals surface area (Å²) in [5.74, 6) is 2.03. The predicted molar refractivity (Wildman–Crippen MR) is 204 cm³/mol. The highest BCUT2D eigenvalue weighted by Gasteiger charge is 2.44. The van der Waals surface area contributed by atoms with E-state index in [-0.39, 0.29) is 5.41 Å². The summed E-state index contributed by atoms with van der Waals surface area (Å²) in [6.07, 6.45) is 6.42. The van der Waals surface area contributed by atoms with Crippen LogP contribution in [0.2, 0.25) is 0 Å². The molecule has 2 aliphatic carbocycles. The molecule has 0 saturated heterocycles. The van der Waals surface area contributed by atoms with Crippen molar-refractivity contribution in [2.24, 2.45) is 0 Å². The van der Waals surface area contributed by atoms with Crippen molar-refractivity contribution >= 4 is 31.5 Å². The van der Waals surface area contributed by atoms with Crippen LogP contribution in [0.25, 0.3) is 76.6 Å². The van der Waals surface area contributed by atoms with E-state index in [1.54, 1.807) is 0 Å². The summed E-state index contributed by atoms with van der Waals surface area (Å²) < 4.78 is 2.60. The van der Waals surface area contributed by atoms with Crippen LogP contribution in [0.1, 0.15) is 43.2 Å². The van der Waals surface area contributed by atoms with Gasteiger partial charge in [-0.25, -0.2) is 15.0 Å². The molecule has 0 radical (unpaired) electrons. The van der Waals surface area contributed by atoms with E-state index in [1.165, 1.54) is 85.7 Å². The smallest absolute Gasteiger partial charge is 0.164 e. The summed E-state index contributed by atoms with van der Waals surface area (Å²) >= 11 is 1.89. The van der Waals surface area contributed by atoms with Gasteiger partial charge in [0.25, 0.3) is 0 Å². The molecule has 3 nitrogen and oxygen atoms in total. The van der Waals surface area contributed by atoms with Gasteiger partial charge in [-0.15, -0.1) is 11.3 Å². The van der Waals surface area contributed by atoms with Crippen LogP contribution in [0.5, 0.6) is 0 Å².